The van der Waals surface area contributed by atoms with E-state index in [4.69, 9.17) is 30.8 Å². The molecule has 1 unspecified atom stereocenters. The lowest BCUT2D eigenvalue weighted by molar-refractivity contribution is -0.107. The first kappa shape index (κ1) is 21.1. The Balaban J connectivity index is 1.72. The largest absolute Gasteiger partial charge is 0.445 e. The van der Waals surface area contributed by atoms with Gasteiger partial charge in [-0.15, -0.1) is 0 Å². The zero-order valence-electron chi connectivity index (χ0n) is 16.3. The van der Waals surface area contributed by atoms with Crippen LogP contribution in [0.5, 0.6) is 0 Å². The molecule has 2 atom stereocenters. The van der Waals surface area contributed by atoms with Crippen molar-refractivity contribution in [3.05, 3.63) is 58.9 Å². The summed E-state index contributed by atoms with van der Waals surface area (Å²) in [6.07, 6.45) is 3.50. The number of aliphatic imine (C=N–C) groups is 2. The topological polar surface area (TPSA) is 76.4 Å². The van der Waals surface area contributed by atoms with Crippen LogP contribution >= 0.6 is 20.6 Å². The molecule has 1 saturated heterocycles. The summed E-state index contributed by atoms with van der Waals surface area (Å²) in [6, 6.07) is 10.8. The number of ether oxygens (including phenoxy) is 1. The van der Waals surface area contributed by atoms with Gasteiger partial charge < -0.3 is 14.1 Å². The van der Waals surface area contributed by atoms with Crippen molar-refractivity contribution < 1.29 is 14.1 Å². The number of aromatic nitrogens is 1. The van der Waals surface area contributed by atoms with E-state index in [1.807, 2.05) is 30.3 Å². The Morgan fingerprint density at radius 3 is 2.90 bits per heavy atom. The number of aldehydes is 1. The van der Waals surface area contributed by atoms with Gasteiger partial charge in [0.1, 0.15) is 12.3 Å². The number of benzene rings is 1. The second-order valence-electron chi connectivity index (χ2n) is 6.86. The Labute approximate surface area is 182 Å². The van der Waals surface area contributed by atoms with Crippen LogP contribution < -0.4 is 0 Å². The molecule has 9 heteroatoms. The number of rotatable bonds is 6. The zero-order valence-corrected chi connectivity index (χ0v) is 18.1. The maximum absolute atomic E-state index is 11.1. The summed E-state index contributed by atoms with van der Waals surface area (Å²) in [6.45, 7) is 3.03. The number of nitrogens with zero attached hydrogens (tertiary/aromatic N) is 4. The van der Waals surface area contributed by atoms with Gasteiger partial charge in [0.25, 0.3) is 0 Å². The van der Waals surface area contributed by atoms with Crippen molar-refractivity contribution in [3.8, 4) is 0 Å². The van der Waals surface area contributed by atoms with E-state index < -0.39 is 0 Å². The van der Waals surface area contributed by atoms with Gasteiger partial charge in [0, 0.05) is 36.3 Å². The number of halogens is 1. The molecule has 0 aliphatic carbocycles. The van der Waals surface area contributed by atoms with Gasteiger partial charge in [0.15, 0.2) is 8.96 Å². The fraction of sp³-hybridized carbons (Fsp3) is 0.333. The number of hydrogen-bond acceptors (Lipinski definition) is 7. The summed E-state index contributed by atoms with van der Waals surface area (Å²) in [5.74, 6) is 0.510. The second-order valence-corrected chi connectivity index (χ2v) is 8.31. The van der Waals surface area contributed by atoms with Gasteiger partial charge in [-0.1, -0.05) is 17.7 Å². The van der Waals surface area contributed by atoms with Crippen LogP contribution in [0.15, 0.2) is 52.6 Å². The monoisotopic (exact) mass is 444 g/mol. The summed E-state index contributed by atoms with van der Waals surface area (Å²) in [7, 11) is 0.117. The van der Waals surface area contributed by atoms with Gasteiger partial charge in [-0.3, -0.25) is 9.98 Å². The highest BCUT2D eigenvalue weighted by Crippen LogP contribution is 2.32. The lowest BCUT2D eigenvalue weighted by Crippen LogP contribution is -2.31. The number of morpholine rings is 1. The van der Waals surface area contributed by atoms with Crippen LogP contribution in [0, 0.1) is 0 Å². The minimum absolute atomic E-state index is 0.117. The third kappa shape index (κ3) is 5.10. The number of carbonyl (C=O) groups is 1. The third-order valence-electron chi connectivity index (χ3n) is 4.77. The summed E-state index contributed by atoms with van der Waals surface area (Å²) >= 11 is 6.28. The van der Waals surface area contributed by atoms with Crippen LogP contribution in [-0.2, 0) is 14.1 Å². The summed E-state index contributed by atoms with van der Waals surface area (Å²) in [5, 5.41) is 0.594. The molecule has 0 amide bonds. The number of carbonyl (C=O) groups excluding carboxylic acids is 1. The summed E-state index contributed by atoms with van der Waals surface area (Å²) < 4.78 is 13.8. The van der Waals surface area contributed by atoms with E-state index in [2.05, 4.69) is 9.65 Å². The molecular weight excluding hydrogens is 423 g/mol. The maximum atomic E-state index is 11.1. The molecule has 30 heavy (non-hydrogen) atoms. The molecule has 2 aliphatic heterocycles. The highest BCUT2D eigenvalue weighted by molar-refractivity contribution is 7.30. The van der Waals surface area contributed by atoms with Crippen molar-refractivity contribution in [3.63, 3.8) is 0 Å². The standard InChI is InChI=1S/C21H22ClN4O3P/c22-15-6-7-17-16(14-15)20(18-4-1-2-8-23-18)24-19(5-3-11-27)21(25-17)29-30-26-9-12-28-13-10-26/h1-2,4,6-8,11,14,19,30H,3,5,9-10,12-13H2/t19-/m0/s1. The lowest BCUT2D eigenvalue weighted by Gasteiger charge is -2.26. The van der Waals surface area contributed by atoms with Gasteiger partial charge in [-0.25, -0.2) is 9.66 Å². The predicted octanol–water partition coefficient (Wildman–Crippen LogP) is 3.82. The van der Waals surface area contributed by atoms with Gasteiger partial charge in [0.05, 0.1) is 30.3 Å². The second kappa shape index (κ2) is 10.2. The summed E-state index contributed by atoms with van der Waals surface area (Å²) in [4.78, 5) is 25.3. The minimum Gasteiger partial charge on any atom is -0.445 e. The third-order valence-corrected chi connectivity index (χ3v) is 6.01. The Bertz CT molecular complexity index is 949. The van der Waals surface area contributed by atoms with Crippen molar-refractivity contribution >= 4 is 44.1 Å². The van der Waals surface area contributed by atoms with Gasteiger partial charge in [-0.05, 0) is 36.8 Å². The molecule has 3 heterocycles. The molecule has 1 fully saturated rings. The predicted molar refractivity (Wildman–Crippen MR) is 119 cm³/mol. The van der Waals surface area contributed by atoms with E-state index in [0.29, 0.717) is 42.7 Å². The van der Waals surface area contributed by atoms with E-state index >= 15 is 0 Å². The molecule has 1 aromatic carbocycles. The molecule has 0 bridgehead atoms. The van der Waals surface area contributed by atoms with E-state index in [-0.39, 0.29) is 15.0 Å². The fourth-order valence-electron chi connectivity index (χ4n) is 3.25. The van der Waals surface area contributed by atoms with Gasteiger partial charge in [0.2, 0.25) is 5.90 Å². The minimum atomic E-state index is -0.382. The molecule has 1 aromatic heterocycles. The molecule has 7 nitrogen and oxygen atoms in total. The molecule has 0 radical (unpaired) electrons. The van der Waals surface area contributed by atoms with E-state index in [1.54, 1.807) is 12.3 Å². The Hall–Kier alpha value is -2.18. The number of fused-ring (bicyclic) bond motifs is 1. The normalized spacial score (nSPS) is 19.7. The molecule has 0 saturated carbocycles. The molecule has 2 aliphatic rings. The number of hydrogen-bond donors (Lipinski definition) is 0. The van der Waals surface area contributed by atoms with E-state index in [9.17, 15) is 4.79 Å². The number of pyridine rings is 1. The molecule has 4 rings (SSSR count). The molecular formula is C21H22ClN4O3P. The first-order valence-electron chi connectivity index (χ1n) is 9.81. The van der Waals surface area contributed by atoms with Crippen LogP contribution in [0.3, 0.4) is 0 Å². The molecule has 2 aromatic rings. The van der Waals surface area contributed by atoms with Crippen LogP contribution in [0.25, 0.3) is 0 Å². The molecule has 0 spiro atoms. The molecule has 156 valence electrons. The van der Waals surface area contributed by atoms with Crippen molar-refractivity contribution in [2.45, 2.75) is 18.9 Å². The highest BCUT2D eigenvalue weighted by atomic mass is 35.5. The fourth-order valence-corrected chi connectivity index (χ4v) is 4.19. The van der Waals surface area contributed by atoms with Gasteiger partial charge >= 0.3 is 0 Å². The smallest absolute Gasteiger partial charge is 0.218 e. The average Bonchev–Trinajstić information content (AvgIpc) is 2.94. The molecule has 0 N–H and O–H groups in total. The van der Waals surface area contributed by atoms with Crippen LogP contribution in [0.2, 0.25) is 5.02 Å². The SMILES string of the molecule is O=CCC[C@@H]1N=C(c2ccccn2)c2cc(Cl)ccc2N=C1OPN1CCOCC1. The Morgan fingerprint density at radius 1 is 1.27 bits per heavy atom. The lowest BCUT2D eigenvalue weighted by atomic mass is 10.0. The van der Waals surface area contributed by atoms with Crippen molar-refractivity contribution in [1.29, 1.82) is 0 Å². The van der Waals surface area contributed by atoms with Crippen molar-refractivity contribution in [2.75, 3.05) is 26.3 Å². The first-order valence-corrected chi connectivity index (χ1v) is 11.0. The van der Waals surface area contributed by atoms with E-state index in [0.717, 1.165) is 36.3 Å². The maximum Gasteiger partial charge on any atom is 0.218 e. The van der Waals surface area contributed by atoms with Gasteiger partial charge in [-0.2, -0.15) is 0 Å². The van der Waals surface area contributed by atoms with E-state index in [1.165, 1.54) is 0 Å². The highest BCUT2D eigenvalue weighted by Gasteiger charge is 2.26. The first-order chi connectivity index (χ1) is 14.7. The Morgan fingerprint density at radius 2 is 2.13 bits per heavy atom. The van der Waals surface area contributed by atoms with Crippen LogP contribution in [0.1, 0.15) is 24.1 Å². The zero-order chi connectivity index (χ0) is 20.8. The quantitative estimate of drug-likeness (QED) is 0.500. The summed E-state index contributed by atoms with van der Waals surface area (Å²) in [5.41, 5.74) is 2.94. The van der Waals surface area contributed by atoms with Crippen LogP contribution in [0.4, 0.5) is 5.69 Å². The van der Waals surface area contributed by atoms with Crippen molar-refractivity contribution in [2.24, 2.45) is 9.98 Å². The average molecular weight is 445 g/mol. The van der Waals surface area contributed by atoms with Crippen LogP contribution in [-0.4, -0.2) is 59.9 Å². The van der Waals surface area contributed by atoms with Crippen molar-refractivity contribution in [1.82, 2.24) is 9.65 Å². The Kier molecular flexibility index (Phi) is 7.18.